The predicted molar refractivity (Wildman–Crippen MR) is 133 cm³/mol. The largest absolute Gasteiger partial charge is 0.432 e. The third kappa shape index (κ3) is 7.72. The van der Waals surface area contributed by atoms with E-state index in [0.29, 0.717) is 23.1 Å². The molecule has 4 heterocycles. The first-order chi connectivity index (χ1) is 17.9. The fourth-order valence-corrected chi connectivity index (χ4v) is 5.33. The molecule has 2 aliphatic rings. The van der Waals surface area contributed by atoms with Crippen molar-refractivity contribution in [3.05, 3.63) is 10.0 Å². The highest BCUT2D eigenvalue weighted by Gasteiger charge is 2.43. The number of unbranched alkanes of at least 4 members (excludes halogenated alkanes) is 1. The Morgan fingerprint density at radius 2 is 1.13 bits per heavy atom. The Labute approximate surface area is 225 Å². The van der Waals surface area contributed by atoms with Gasteiger partial charge in [0.25, 0.3) is 0 Å². The van der Waals surface area contributed by atoms with Crippen LogP contribution >= 0.6 is 22.7 Å². The number of anilines is 2. The lowest BCUT2D eigenvalue weighted by atomic mass is 10.2. The van der Waals surface area contributed by atoms with E-state index in [9.17, 15) is 19.2 Å². The van der Waals surface area contributed by atoms with Crippen LogP contribution in [0.15, 0.2) is 0 Å². The minimum Gasteiger partial charge on any atom is -0.432 e. The Hall–Kier alpha value is -3.08. The molecule has 2 N–H and O–H groups in total. The highest BCUT2D eigenvalue weighted by molar-refractivity contribution is 7.15. The van der Waals surface area contributed by atoms with E-state index >= 15 is 0 Å². The van der Waals surface area contributed by atoms with E-state index in [1.807, 2.05) is 0 Å². The monoisotopic (exact) mass is 568 g/mol. The zero-order valence-electron chi connectivity index (χ0n) is 21.3. The van der Waals surface area contributed by atoms with Gasteiger partial charge in [0.05, 0.1) is 12.8 Å². The molecule has 2 saturated heterocycles. The van der Waals surface area contributed by atoms with E-state index in [1.54, 1.807) is 27.7 Å². The van der Waals surface area contributed by atoms with E-state index in [2.05, 4.69) is 31.0 Å². The maximum absolute atomic E-state index is 12.2. The number of carbonyl (C=O) groups is 4. The molecule has 38 heavy (non-hydrogen) atoms. The fraction of sp³-hybridized carbons (Fsp3) is 0.636. The number of cyclic esters (lactones) is 2. The number of esters is 2. The van der Waals surface area contributed by atoms with Gasteiger partial charge in [-0.1, -0.05) is 22.7 Å². The van der Waals surface area contributed by atoms with Crippen LogP contribution in [-0.2, 0) is 51.0 Å². The quantitative estimate of drug-likeness (QED) is 0.297. The highest BCUT2D eigenvalue weighted by Crippen LogP contribution is 2.27. The van der Waals surface area contributed by atoms with Crippen molar-refractivity contribution in [1.82, 2.24) is 20.4 Å². The lowest BCUT2D eigenvalue weighted by Gasteiger charge is -2.14. The first kappa shape index (κ1) is 27.9. The summed E-state index contributed by atoms with van der Waals surface area (Å²) >= 11 is 2.53. The van der Waals surface area contributed by atoms with Gasteiger partial charge in [-0.15, -0.1) is 20.4 Å². The summed E-state index contributed by atoms with van der Waals surface area (Å²) in [6.07, 6.45) is 0.709. The van der Waals surface area contributed by atoms with Gasteiger partial charge >= 0.3 is 11.9 Å². The second kappa shape index (κ2) is 11.3. The van der Waals surface area contributed by atoms with Crippen molar-refractivity contribution in [2.24, 2.45) is 0 Å². The maximum atomic E-state index is 12.2. The summed E-state index contributed by atoms with van der Waals surface area (Å²) in [5.41, 5.74) is 0. The summed E-state index contributed by atoms with van der Waals surface area (Å²) in [5.74, 6) is -4.04. The zero-order chi connectivity index (χ0) is 27.5. The van der Waals surface area contributed by atoms with Gasteiger partial charge in [0.15, 0.2) is 12.2 Å². The minimum absolute atomic E-state index is 0.166. The lowest BCUT2D eigenvalue weighted by molar-refractivity contribution is -0.162. The van der Waals surface area contributed by atoms with Crippen molar-refractivity contribution < 1.29 is 38.1 Å². The van der Waals surface area contributed by atoms with Gasteiger partial charge in [-0.3, -0.25) is 9.59 Å². The Morgan fingerprint density at radius 3 is 1.47 bits per heavy atom. The third-order valence-corrected chi connectivity index (χ3v) is 7.07. The molecule has 0 bridgehead atoms. The SMILES string of the molecule is CC1(C)OC(=O)C(CC(=O)Nc2nnc(CCCCc3nnc(NC(=O)C[C@H]4OC(C)(C)OC4=O)s3)s2)O1. The summed E-state index contributed by atoms with van der Waals surface area (Å²) in [4.78, 5) is 48.0. The number of ether oxygens (including phenoxy) is 4. The molecule has 2 aliphatic heterocycles. The van der Waals surface area contributed by atoms with Gasteiger partial charge in [0.1, 0.15) is 10.0 Å². The van der Waals surface area contributed by atoms with E-state index in [-0.39, 0.29) is 12.8 Å². The van der Waals surface area contributed by atoms with Gasteiger partial charge in [-0.25, -0.2) is 9.59 Å². The highest BCUT2D eigenvalue weighted by atomic mass is 32.1. The van der Waals surface area contributed by atoms with Crippen molar-refractivity contribution in [1.29, 1.82) is 0 Å². The van der Waals surface area contributed by atoms with E-state index < -0.39 is 47.5 Å². The first-order valence-electron chi connectivity index (χ1n) is 11.9. The van der Waals surface area contributed by atoms with Gasteiger partial charge < -0.3 is 29.6 Å². The summed E-state index contributed by atoms with van der Waals surface area (Å²) in [6.45, 7) is 6.43. The molecule has 2 aromatic heterocycles. The van der Waals surface area contributed by atoms with Crippen LogP contribution in [0.4, 0.5) is 10.3 Å². The van der Waals surface area contributed by atoms with Gasteiger partial charge in [0.2, 0.25) is 33.7 Å². The van der Waals surface area contributed by atoms with Crippen molar-refractivity contribution in [3.8, 4) is 0 Å². The number of nitrogens with one attached hydrogen (secondary N) is 2. The molecular formula is C22H28N6O8S2. The lowest BCUT2D eigenvalue weighted by Crippen LogP contribution is -2.26. The van der Waals surface area contributed by atoms with Crippen molar-refractivity contribution in [3.63, 3.8) is 0 Å². The molecule has 0 radical (unpaired) electrons. The molecular weight excluding hydrogens is 540 g/mol. The van der Waals surface area contributed by atoms with E-state index in [1.165, 1.54) is 22.7 Å². The Balaban J connectivity index is 1.13. The Bertz CT molecular complexity index is 1120. The van der Waals surface area contributed by atoms with Crippen molar-refractivity contribution in [2.45, 2.75) is 90.0 Å². The molecule has 14 nitrogen and oxygen atoms in total. The second-order valence-electron chi connectivity index (χ2n) is 9.57. The molecule has 0 aromatic carbocycles. The van der Waals surface area contributed by atoms with Crippen LogP contribution in [-0.4, -0.2) is 67.9 Å². The topological polar surface area (TPSA) is 181 Å². The van der Waals surface area contributed by atoms with Gasteiger partial charge in [-0.05, 0) is 12.8 Å². The number of hydrogen-bond donors (Lipinski definition) is 2. The smallest absolute Gasteiger partial charge is 0.338 e. The van der Waals surface area contributed by atoms with Gasteiger partial charge in [0, 0.05) is 40.5 Å². The molecule has 0 saturated carbocycles. The minimum atomic E-state index is -1.04. The standard InChI is InChI=1S/C22H28N6O8S2/c1-21(2)33-11(17(31)35-21)9-13(29)23-19-27-25-15(37-19)7-5-6-8-16-26-28-20(38-16)24-14(30)10-12-18(32)36-22(3,4)34-12/h11-12H,5-10H2,1-4H3,(H,23,27,29)(H,24,28,30)/t11-,12?/m1/s1. The van der Waals surface area contributed by atoms with Crippen LogP contribution in [0, 0.1) is 0 Å². The average Bonchev–Trinajstić information content (AvgIpc) is 3.54. The van der Waals surface area contributed by atoms with Crippen LogP contribution in [0.2, 0.25) is 0 Å². The van der Waals surface area contributed by atoms with Crippen LogP contribution in [0.5, 0.6) is 0 Å². The summed E-state index contributed by atoms with van der Waals surface area (Å²) in [7, 11) is 0. The van der Waals surface area contributed by atoms with Crippen LogP contribution < -0.4 is 10.6 Å². The van der Waals surface area contributed by atoms with Crippen LogP contribution in [0.3, 0.4) is 0 Å². The molecule has 2 amide bonds. The van der Waals surface area contributed by atoms with Gasteiger partial charge in [-0.2, -0.15) is 0 Å². The summed E-state index contributed by atoms with van der Waals surface area (Å²) in [5, 5.41) is 23.6. The van der Waals surface area contributed by atoms with E-state index in [0.717, 1.165) is 22.9 Å². The molecule has 16 heteroatoms. The fourth-order valence-electron chi connectivity index (χ4n) is 3.74. The average molecular weight is 569 g/mol. The molecule has 0 aliphatic carbocycles. The maximum Gasteiger partial charge on any atom is 0.338 e. The normalized spacial score (nSPS) is 21.7. The van der Waals surface area contributed by atoms with Crippen LogP contribution in [0.25, 0.3) is 0 Å². The second-order valence-corrected chi connectivity index (χ2v) is 11.7. The Kier molecular flexibility index (Phi) is 8.34. The predicted octanol–water partition coefficient (Wildman–Crippen LogP) is 1.97. The molecule has 206 valence electrons. The number of amides is 2. The number of aryl methyl sites for hydroxylation is 2. The Morgan fingerprint density at radius 1 is 0.737 bits per heavy atom. The molecule has 2 fully saturated rings. The molecule has 0 spiro atoms. The summed E-state index contributed by atoms with van der Waals surface area (Å²) < 4.78 is 20.9. The third-order valence-electron chi connectivity index (χ3n) is 5.27. The summed E-state index contributed by atoms with van der Waals surface area (Å²) in [6, 6.07) is 0. The number of rotatable bonds is 11. The molecule has 2 atom stereocenters. The number of nitrogens with zero attached hydrogens (tertiary/aromatic N) is 4. The first-order valence-corrected chi connectivity index (χ1v) is 13.6. The van der Waals surface area contributed by atoms with E-state index in [4.69, 9.17) is 18.9 Å². The molecule has 4 rings (SSSR count). The van der Waals surface area contributed by atoms with Crippen molar-refractivity contribution in [2.75, 3.05) is 10.6 Å². The van der Waals surface area contributed by atoms with Crippen LogP contribution in [0.1, 0.15) is 63.4 Å². The number of aromatic nitrogens is 4. The molecule has 2 aromatic rings. The molecule has 1 unspecified atom stereocenters. The van der Waals surface area contributed by atoms with Crippen molar-refractivity contribution >= 4 is 56.7 Å². The number of carbonyl (C=O) groups excluding carboxylic acids is 4. The zero-order valence-corrected chi connectivity index (χ0v) is 22.9. The number of hydrogen-bond acceptors (Lipinski definition) is 14.